The van der Waals surface area contributed by atoms with Gasteiger partial charge in [-0.3, -0.25) is 9.48 Å². The predicted octanol–water partition coefficient (Wildman–Crippen LogP) is 6.62. The monoisotopic (exact) mass is 537 g/mol. The highest BCUT2D eigenvalue weighted by atomic mass is 35.5. The second kappa shape index (κ2) is 9.35. The fourth-order valence-corrected chi connectivity index (χ4v) is 5.74. The van der Waals surface area contributed by atoms with E-state index in [2.05, 4.69) is 15.3 Å². The van der Waals surface area contributed by atoms with Crippen molar-refractivity contribution in [3.63, 3.8) is 0 Å². The average Bonchev–Trinajstić information content (AvgIpc) is 3.31. The summed E-state index contributed by atoms with van der Waals surface area (Å²) in [6.45, 7) is 2.75. The van der Waals surface area contributed by atoms with Crippen molar-refractivity contribution in [3.8, 4) is 11.5 Å². The summed E-state index contributed by atoms with van der Waals surface area (Å²) in [5, 5.41) is 15.2. The number of rotatable bonds is 7. The van der Waals surface area contributed by atoms with Crippen LogP contribution in [-0.4, -0.2) is 36.8 Å². The van der Waals surface area contributed by atoms with Crippen molar-refractivity contribution >= 4 is 50.7 Å². The lowest BCUT2D eigenvalue weighted by Crippen LogP contribution is -2.32. The quantitative estimate of drug-likeness (QED) is 0.233. The molecule has 0 unspecified atom stereocenters. The maximum absolute atomic E-state index is 13.6. The molecule has 5 aromatic rings. The van der Waals surface area contributed by atoms with Crippen LogP contribution in [0.2, 0.25) is 10.0 Å². The molecule has 1 aliphatic rings. The first-order chi connectivity index (χ1) is 17.5. The summed E-state index contributed by atoms with van der Waals surface area (Å²) in [7, 11) is 0. The molecule has 3 aromatic heterocycles. The van der Waals surface area contributed by atoms with Gasteiger partial charge in [0.05, 0.1) is 34.2 Å². The van der Waals surface area contributed by atoms with Gasteiger partial charge >= 0.3 is 0 Å². The second-order valence-electron chi connectivity index (χ2n) is 8.81. The highest BCUT2D eigenvalue weighted by Crippen LogP contribution is 2.35. The molecule has 1 fully saturated rings. The zero-order chi connectivity index (χ0) is 24.8. The van der Waals surface area contributed by atoms with E-state index in [9.17, 15) is 4.79 Å². The molecular formula is C26H21Cl2N5O2S. The van der Waals surface area contributed by atoms with Crippen LogP contribution in [0.3, 0.4) is 0 Å². The van der Waals surface area contributed by atoms with Gasteiger partial charge in [-0.25, -0.2) is 0 Å². The van der Waals surface area contributed by atoms with E-state index in [1.54, 1.807) is 6.07 Å². The first kappa shape index (κ1) is 23.2. The molecule has 1 aliphatic carbocycles. The Hall–Kier alpha value is -3.20. The number of nitrogens with zero attached hydrogens (tertiary/aromatic N) is 5. The van der Waals surface area contributed by atoms with E-state index < -0.39 is 0 Å². The minimum Gasteiger partial charge on any atom is -0.419 e. The molecule has 1 amide bonds. The van der Waals surface area contributed by atoms with Crippen LogP contribution in [0.25, 0.3) is 21.7 Å². The highest BCUT2D eigenvalue weighted by Gasteiger charge is 2.35. The van der Waals surface area contributed by atoms with Gasteiger partial charge in [0.2, 0.25) is 11.8 Å². The Morgan fingerprint density at radius 3 is 2.61 bits per heavy atom. The minimum atomic E-state index is -0.0418. The molecule has 3 heterocycles. The fraction of sp³-hybridized carbons (Fsp3) is 0.231. The predicted molar refractivity (Wildman–Crippen MR) is 141 cm³/mol. The summed E-state index contributed by atoms with van der Waals surface area (Å²) in [5.41, 5.74) is 2.53. The number of benzene rings is 2. The maximum Gasteiger partial charge on any atom is 0.264 e. The Morgan fingerprint density at radius 2 is 1.86 bits per heavy atom. The molecule has 0 spiro atoms. The lowest BCUT2D eigenvalue weighted by Gasteiger charge is -2.19. The van der Waals surface area contributed by atoms with Gasteiger partial charge in [0.15, 0.2) is 0 Å². The molecule has 2 aromatic carbocycles. The van der Waals surface area contributed by atoms with Crippen molar-refractivity contribution in [2.75, 3.05) is 0 Å². The fourth-order valence-electron chi connectivity index (χ4n) is 4.21. The lowest BCUT2D eigenvalue weighted by molar-refractivity contribution is 0.0719. The van der Waals surface area contributed by atoms with Crippen LogP contribution in [0, 0.1) is 6.92 Å². The van der Waals surface area contributed by atoms with Crippen molar-refractivity contribution in [1.82, 2.24) is 24.9 Å². The third-order valence-electron chi connectivity index (χ3n) is 6.22. The van der Waals surface area contributed by atoms with Crippen LogP contribution in [0.4, 0.5) is 0 Å². The summed E-state index contributed by atoms with van der Waals surface area (Å²) in [6, 6.07) is 17.1. The third kappa shape index (κ3) is 4.40. The van der Waals surface area contributed by atoms with Crippen LogP contribution >= 0.6 is 34.5 Å². The number of aryl methyl sites for hydroxylation is 1. The van der Waals surface area contributed by atoms with Crippen LogP contribution in [0.5, 0.6) is 0 Å². The van der Waals surface area contributed by atoms with E-state index in [0.29, 0.717) is 38.8 Å². The number of aromatic nitrogens is 4. The molecule has 1 saturated carbocycles. The summed E-state index contributed by atoms with van der Waals surface area (Å²) in [6.07, 6.45) is 1.92. The number of carbonyl (C=O) groups excluding carboxylic acids is 1. The van der Waals surface area contributed by atoms with E-state index in [1.807, 2.05) is 65.0 Å². The van der Waals surface area contributed by atoms with Gasteiger partial charge in [-0.1, -0.05) is 53.5 Å². The molecule has 7 nitrogen and oxygen atoms in total. The topological polar surface area (TPSA) is 77.1 Å². The van der Waals surface area contributed by atoms with Crippen molar-refractivity contribution in [2.24, 2.45) is 0 Å². The lowest BCUT2D eigenvalue weighted by atomic mass is 10.2. The van der Waals surface area contributed by atoms with Gasteiger partial charge in [0.1, 0.15) is 4.83 Å². The zero-order valence-electron chi connectivity index (χ0n) is 19.3. The molecule has 10 heteroatoms. The Bertz CT molecular complexity index is 1590. The Balaban J connectivity index is 1.27. The molecule has 6 rings (SSSR count). The van der Waals surface area contributed by atoms with E-state index in [1.165, 1.54) is 11.3 Å². The molecular weight excluding hydrogens is 517 g/mol. The first-order valence-corrected chi connectivity index (χ1v) is 13.1. The van der Waals surface area contributed by atoms with Gasteiger partial charge in [0, 0.05) is 16.5 Å². The Labute approximate surface area is 221 Å². The van der Waals surface area contributed by atoms with E-state index in [0.717, 1.165) is 34.3 Å². The number of thiophene rings is 1. The van der Waals surface area contributed by atoms with E-state index in [4.69, 9.17) is 27.6 Å². The minimum absolute atomic E-state index is 0.0418. The number of carbonyl (C=O) groups is 1. The molecule has 0 atom stereocenters. The van der Waals surface area contributed by atoms with Crippen molar-refractivity contribution < 1.29 is 9.21 Å². The molecule has 182 valence electrons. The number of halogens is 2. The number of hydrogen-bond donors (Lipinski definition) is 0. The Morgan fingerprint density at radius 1 is 1.11 bits per heavy atom. The van der Waals surface area contributed by atoms with Crippen LogP contribution in [0.1, 0.15) is 39.7 Å². The van der Waals surface area contributed by atoms with Crippen molar-refractivity contribution in [1.29, 1.82) is 0 Å². The van der Waals surface area contributed by atoms with Crippen LogP contribution in [0.15, 0.2) is 59.0 Å². The summed E-state index contributed by atoms with van der Waals surface area (Å²) >= 11 is 14.1. The number of hydrogen-bond acceptors (Lipinski definition) is 6. The van der Waals surface area contributed by atoms with Crippen molar-refractivity contribution in [2.45, 2.75) is 38.9 Å². The largest absolute Gasteiger partial charge is 0.419 e. The molecule has 36 heavy (non-hydrogen) atoms. The summed E-state index contributed by atoms with van der Waals surface area (Å²) < 4.78 is 7.80. The van der Waals surface area contributed by atoms with Gasteiger partial charge < -0.3 is 9.32 Å². The molecule has 0 bridgehead atoms. The van der Waals surface area contributed by atoms with Crippen molar-refractivity contribution in [3.05, 3.63) is 86.7 Å². The van der Waals surface area contributed by atoms with Gasteiger partial charge in [-0.2, -0.15) is 5.10 Å². The highest BCUT2D eigenvalue weighted by molar-refractivity contribution is 7.20. The smallest absolute Gasteiger partial charge is 0.264 e. The SMILES string of the molecule is Cc1nn(Cc2ccccc2Cl)c2sc(C(=O)N(Cc3nnc(-c4ccccc4Cl)o3)C3CC3)cc12. The number of fused-ring (bicyclic) bond motifs is 1. The summed E-state index contributed by atoms with van der Waals surface area (Å²) in [4.78, 5) is 17.1. The molecule has 0 radical (unpaired) electrons. The molecule has 0 N–H and O–H groups in total. The maximum atomic E-state index is 13.6. The first-order valence-electron chi connectivity index (χ1n) is 11.6. The van der Waals surface area contributed by atoms with Gasteiger partial charge in [0.25, 0.3) is 5.91 Å². The van der Waals surface area contributed by atoms with Gasteiger partial charge in [-0.05, 0) is 49.6 Å². The number of amides is 1. The zero-order valence-corrected chi connectivity index (χ0v) is 21.6. The van der Waals surface area contributed by atoms with Gasteiger partial charge in [-0.15, -0.1) is 21.5 Å². The molecule has 0 saturated heterocycles. The summed E-state index contributed by atoms with van der Waals surface area (Å²) in [5.74, 6) is 0.684. The average molecular weight is 538 g/mol. The molecule has 0 aliphatic heterocycles. The van der Waals surface area contributed by atoms with Crippen LogP contribution in [-0.2, 0) is 13.1 Å². The second-order valence-corrected chi connectivity index (χ2v) is 10.7. The Kier molecular flexibility index (Phi) is 6.03. The normalized spacial score (nSPS) is 13.4. The van der Waals surface area contributed by atoms with E-state index in [-0.39, 0.29) is 18.5 Å². The third-order valence-corrected chi connectivity index (χ3v) is 8.06. The van der Waals surface area contributed by atoms with Crippen LogP contribution < -0.4 is 0 Å². The standard InChI is InChI=1S/C26H21Cl2N5O2S/c1-15-19-12-22(36-26(19)33(31-15)13-16-6-2-4-8-20(16)27)25(34)32(17-10-11-17)14-23-29-30-24(35-23)18-7-3-5-9-21(18)28/h2-9,12,17H,10-11,13-14H2,1H3. The van der Waals surface area contributed by atoms with E-state index >= 15 is 0 Å².